The first kappa shape index (κ1) is 15.8. The number of amides is 1. The van der Waals surface area contributed by atoms with Crippen LogP contribution >= 0.6 is 0 Å². The van der Waals surface area contributed by atoms with Crippen molar-refractivity contribution >= 4 is 11.6 Å². The van der Waals surface area contributed by atoms with Crippen molar-refractivity contribution in [2.24, 2.45) is 7.05 Å². The molecule has 0 aliphatic heterocycles. The van der Waals surface area contributed by atoms with Crippen LogP contribution in [0.1, 0.15) is 21.6 Å². The highest BCUT2D eigenvalue weighted by atomic mass is 16.5. The van der Waals surface area contributed by atoms with E-state index in [1.165, 1.54) is 4.74 Å². The normalized spacial score (nSPS) is 10.6. The number of hydrogen-bond donors (Lipinski definition) is 0. The number of carbonyl (C=O) groups excluding carboxylic acids is 1. The third-order valence-electron chi connectivity index (χ3n) is 3.97. The van der Waals surface area contributed by atoms with E-state index in [0.717, 1.165) is 11.3 Å². The highest BCUT2D eigenvalue weighted by molar-refractivity contribution is 6.06. The highest BCUT2D eigenvalue weighted by Crippen LogP contribution is 2.20. The molecule has 0 unspecified atom stereocenters. The summed E-state index contributed by atoms with van der Waals surface area (Å²) in [7, 11) is 1.61. The molecule has 1 amide bonds. The van der Waals surface area contributed by atoms with Gasteiger partial charge in [0.25, 0.3) is 5.91 Å². The van der Waals surface area contributed by atoms with Crippen molar-refractivity contribution in [1.29, 1.82) is 0 Å². The molecule has 0 fully saturated rings. The Kier molecular flexibility index (Phi) is 4.33. The maximum atomic E-state index is 13.1. The number of aromatic nitrogens is 1. The van der Waals surface area contributed by atoms with Crippen molar-refractivity contribution in [3.8, 4) is 0 Å². The molecular formula is C19H18N2O3. The highest BCUT2D eigenvalue weighted by Gasteiger charge is 2.26. The fourth-order valence-corrected chi connectivity index (χ4v) is 2.57. The molecule has 0 saturated carbocycles. The van der Waals surface area contributed by atoms with Crippen molar-refractivity contribution in [3.63, 3.8) is 0 Å². The molecule has 0 N–H and O–H groups in total. The van der Waals surface area contributed by atoms with E-state index in [4.69, 9.17) is 4.52 Å². The second kappa shape index (κ2) is 6.58. The molecule has 3 aromatic rings. The lowest BCUT2D eigenvalue weighted by Crippen LogP contribution is -2.33. The summed E-state index contributed by atoms with van der Waals surface area (Å²) >= 11 is 0. The summed E-state index contributed by atoms with van der Waals surface area (Å²) in [6.07, 6.45) is 0. The van der Waals surface area contributed by atoms with E-state index >= 15 is 0 Å². The molecule has 0 aliphatic carbocycles. The van der Waals surface area contributed by atoms with Gasteiger partial charge in [0.05, 0.1) is 12.2 Å². The lowest BCUT2D eigenvalue weighted by Gasteiger charge is -2.22. The smallest absolute Gasteiger partial charge is 0.336 e. The van der Waals surface area contributed by atoms with Crippen LogP contribution in [-0.4, -0.2) is 10.6 Å². The molecule has 0 saturated heterocycles. The van der Waals surface area contributed by atoms with Gasteiger partial charge in [0, 0.05) is 12.7 Å². The minimum Gasteiger partial charge on any atom is -0.336 e. The molecular weight excluding hydrogens is 304 g/mol. The van der Waals surface area contributed by atoms with Crippen LogP contribution in [0.2, 0.25) is 0 Å². The molecule has 0 radical (unpaired) electrons. The fourth-order valence-electron chi connectivity index (χ4n) is 2.57. The summed E-state index contributed by atoms with van der Waals surface area (Å²) < 4.78 is 6.34. The molecule has 122 valence electrons. The number of benzene rings is 2. The van der Waals surface area contributed by atoms with Gasteiger partial charge in [0.15, 0.2) is 0 Å². The molecule has 5 heteroatoms. The number of hydrogen-bond acceptors (Lipinski definition) is 3. The quantitative estimate of drug-likeness (QED) is 0.741. The van der Waals surface area contributed by atoms with Crippen molar-refractivity contribution in [3.05, 3.63) is 87.9 Å². The lowest BCUT2D eigenvalue weighted by atomic mass is 10.1. The summed E-state index contributed by atoms with van der Waals surface area (Å²) in [5, 5.41) is 0. The molecule has 24 heavy (non-hydrogen) atoms. The zero-order valence-electron chi connectivity index (χ0n) is 13.6. The maximum absolute atomic E-state index is 13.1. The van der Waals surface area contributed by atoms with Crippen molar-refractivity contribution in [1.82, 2.24) is 4.74 Å². The summed E-state index contributed by atoms with van der Waals surface area (Å²) in [5.74, 6) is -0.364. The third kappa shape index (κ3) is 3.01. The summed E-state index contributed by atoms with van der Waals surface area (Å²) in [6.45, 7) is 2.07. The first-order valence-corrected chi connectivity index (χ1v) is 7.65. The Bertz CT molecular complexity index is 895. The van der Waals surface area contributed by atoms with Crippen molar-refractivity contribution in [2.45, 2.75) is 13.5 Å². The Morgan fingerprint density at radius 2 is 1.62 bits per heavy atom. The number of aryl methyl sites for hydroxylation is 1. The monoisotopic (exact) mass is 322 g/mol. The fraction of sp³-hybridized carbons (Fsp3) is 0.158. The summed E-state index contributed by atoms with van der Waals surface area (Å²) in [4.78, 5) is 26.7. The molecule has 1 heterocycles. The number of para-hydroxylation sites is 1. The Balaban J connectivity index is 2.04. The first-order valence-electron chi connectivity index (χ1n) is 7.65. The van der Waals surface area contributed by atoms with E-state index in [1.54, 1.807) is 18.9 Å². The van der Waals surface area contributed by atoms with Crippen LogP contribution in [0, 0.1) is 6.92 Å². The molecule has 5 nitrogen and oxygen atoms in total. The number of rotatable bonds is 4. The maximum Gasteiger partial charge on any atom is 0.370 e. The van der Waals surface area contributed by atoms with Gasteiger partial charge in [-0.15, -0.1) is 0 Å². The Morgan fingerprint density at radius 1 is 1.04 bits per heavy atom. The van der Waals surface area contributed by atoms with Crippen molar-refractivity contribution in [2.75, 3.05) is 4.90 Å². The zero-order valence-corrected chi connectivity index (χ0v) is 13.6. The number of anilines is 1. The molecule has 0 aliphatic rings. The molecule has 2 aromatic carbocycles. The van der Waals surface area contributed by atoms with E-state index in [0.29, 0.717) is 12.2 Å². The third-order valence-corrected chi connectivity index (χ3v) is 3.97. The Labute approximate surface area is 139 Å². The van der Waals surface area contributed by atoms with Gasteiger partial charge in [-0.2, -0.15) is 0 Å². The van der Waals surface area contributed by atoms with Gasteiger partial charge >= 0.3 is 5.63 Å². The van der Waals surface area contributed by atoms with Crippen molar-refractivity contribution < 1.29 is 9.32 Å². The minimum atomic E-state index is -0.617. The largest absolute Gasteiger partial charge is 0.370 e. The number of carbonyl (C=O) groups is 1. The van der Waals surface area contributed by atoms with Gasteiger partial charge in [-0.05, 0) is 24.6 Å². The van der Waals surface area contributed by atoms with Crippen LogP contribution in [-0.2, 0) is 13.6 Å². The zero-order chi connectivity index (χ0) is 17.1. The first-order chi connectivity index (χ1) is 11.6. The van der Waals surface area contributed by atoms with Gasteiger partial charge in [0.1, 0.15) is 5.56 Å². The van der Waals surface area contributed by atoms with Crippen LogP contribution in [0.5, 0.6) is 0 Å². The number of nitrogens with zero attached hydrogens (tertiary/aromatic N) is 2. The molecule has 1 aromatic heterocycles. The van der Waals surface area contributed by atoms with Crippen LogP contribution in [0.15, 0.2) is 70.0 Å². The Hall–Kier alpha value is -3.08. The van der Waals surface area contributed by atoms with E-state index in [-0.39, 0.29) is 11.5 Å². The van der Waals surface area contributed by atoms with Crippen LogP contribution in [0.25, 0.3) is 0 Å². The minimum absolute atomic E-state index is 0.0669. The average Bonchev–Trinajstić information content (AvgIpc) is 2.86. The van der Waals surface area contributed by atoms with Gasteiger partial charge < -0.3 is 9.42 Å². The molecule has 0 atom stereocenters. The lowest BCUT2D eigenvalue weighted by molar-refractivity contribution is 0.0982. The summed E-state index contributed by atoms with van der Waals surface area (Å²) in [5.41, 5.74) is 1.67. The average molecular weight is 322 g/mol. The van der Waals surface area contributed by atoms with E-state index in [2.05, 4.69) is 0 Å². The standard InChI is InChI=1S/C19H18N2O3/c1-14-17(19(23)24-20(14)2)18(22)21(16-11-7-4-8-12-16)13-15-9-5-3-6-10-15/h3-12H,13H2,1-2H3. The van der Waals surface area contributed by atoms with E-state index < -0.39 is 5.63 Å². The van der Waals surface area contributed by atoms with Crippen LogP contribution < -0.4 is 10.5 Å². The summed E-state index contributed by atoms with van der Waals surface area (Å²) in [6, 6.07) is 19.0. The molecule has 3 rings (SSSR count). The van der Waals surface area contributed by atoms with Gasteiger partial charge in [-0.1, -0.05) is 48.5 Å². The van der Waals surface area contributed by atoms with Crippen LogP contribution in [0.4, 0.5) is 5.69 Å². The predicted octanol–water partition coefficient (Wildman–Crippen LogP) is 3.13. The second-order valence-electron chi connectivity index (χ2n) is 5.55. The van der Waals surface area contributed by atoms with Gasteiger partial charge in [-0.25, -0.2) is 9.53 Å². The Morgan fingerprint density at radius 3 is 2.17 bits per heavy atom. The second-order valence-corrected chi connectivity index (χ2v) is 5.55. The topological polar surface area (TPSA) is 55.5 Å². The van der Waals surface area contributed by atoms with Gasteiger partial charge in [0.2, 0.25) is 0 Å². The van der Waals surface area contributed by atoms with Gasteiger partial charge in [-0.3, -0.25) is 4.79 Å². The van der Waals surface area contributed by atoms with E-state index in [9.17, 15) is 9.59 Å². The SMILES string of the molecule is Cc1c(C(=O)N(Cc2ccccc2)c2ccccc2)c(=O)on1C. The molecule has 0 bridgehead atoms. The predicted molar refractivity (Wildman–Crippen MR) is 92.1 cm³/mol. The van der Waals surface area contributed by atoms with Crippen LogP contribution in [0.3, 0.4) is 0 Å². The van der Waals surface area contributed by atoms with E-state index in [1.807, 2.05) is 60.7 Å². The molecule has 0 spiro atoms.